The van der Waals surface area contributed by atoms with Crippen molar-refractivity contribution in [3.8, 4) is 0 Å². The topological polar surface area (TPSA) is 3.24 Å². The molecule has 0 aliphatic carbocycles. The lowest BCUT2D eigenvalue weighted by atomic mass is 9.96. The van der Waals surface area contributed by atoms with E-state index in [0.29, 0.717) is 0 Å². The molecule has 0 spiro atoms. The maximum Gasteiger partial charge on any atom is 0.139 e. The van der Waals surface area contributed by atoms with Crippen LogP contribution in [0.2, 0.25) is 0 Å². The first-order valence-electron chi connectivity index (χ1n) is 5.47. The second-order valence-corrected chi connectivity index (χ2v) is 6.24. The van der Waals surface area contributed by atoms with E-state index in [0.717, 1.165) is 4.47 Å². The Bertz CT molecular complexity index is 548. The zero-order chi connectivity index (χ0) is 12.0. The van der Waals surface area contributed by atoms with Crippen molar-refractivity contribution in [2.75, 3.05) is 11.9 Å². The van der Waals surface area contributed by atoms with E-state index in [1.807, 2.05) is 11.8 Å². The summed E-state index contributed by atoms with van der Waals surface area (Å²) in [6.45, 7) is 0. The van der Waals surface area contributed by atoms with Crippen LogP contribution in [0, 0.1) is 0 Å². The number of halogens is 1. The first-order valence-corrected chi connectivity index (χ1v) is 7.08. The van der Waals surface area contributed by atoms with Crippen molar-refractivity contribution in [3.63, 3.8) is 0 Å². The molecule has 17 heavy (non-hydrogen) atoms. The van der Waals surface area contributed by atoms with Gasteiger partial charge in [0.05, 0.1) is 11.4 Å². The molecule has 0 fully saturated rings. The zero-order valence-corrected chi connectivity index (χ0v) is 12.1. The molecule has 0 N–H and O–H groups in total. The van der Waals surface area contributed by atoms with Gasteiger partial charge in [-0.2, -0.15) is 0 Å². The first kappa shape index (κ1) is 11.2. The molecule has 84 valence electrons. The number of hydrogen-bond donors (Lipinski definition) is 0. The molecule has 0 unspecified atom stereocenters. The van der Waals surface area contributed by atoms with E-state index >= 15 is 0 Å². The summed E-state index contributed by atoms with van der Waals surface area (Å²) in [5, 5.41) is 0. The van der Waals surface area contributed by atoms with Gasteiger partial charge >= 0.3 is 0 Å². The summed E-state index contributed by atoms with van der Waals surface area (Å²) in [5.74, 6) is 0. The van der Waals surface area contributed by atoms with E-state index in [4.69, 9.17) is 0 Å². The Hall–Kier alpha value is -0.865. The van der Waals surface area contributed by atoms with Gasteiger partial charge in [-0.3, -0.25) is 0 Å². The van der Waals surface area contributed by atoms with Crippen LogP contribution in [0.25, 0.3) is 0 Å². The summed E-state index contributed by atoms with van der Waals surface area (Å²) in [5.41, 5.74) is 3.87. The minimum absolute atomic E-state index is 1.13. The summed E-state index contributed by atoms with van der Waals surface area (Å²) < 4.78 is 1.13. The Balaban J connectivity index is 2.17. The predicted molar refractivity (Wildman–Crippen MR) is 80.9 cm³/mol. The fraction of sp³-hybridized carbons (Fsp3) is 0.0769. The minimum Gasteiger partial charge on any atom is -0.343 e. The molecule has 0 bridgehead atoms. The summed E-state index contributed by atoms with van der Waals surface area (Å²) >= 11 is 5.38. The van der Waals surface area contributed by atoms with Crippen molar-refractivity contribution < 1.29 is 0 Å². The van der Waals surface area contributed by atoms with E-state index in [-0.39, 0.29) is 0 Å². The van der Waals surface area contributed by atoms with Crippen molar-refractivity contribution in [1.82, 2.24) is 0 Å². The number of hydrogen-bond acceptors (Lipinski definition) is 2. The molecule has 1 nitrogen and oxygen atoms in total. The quantitative estimate of drug-likeness (QED) is 0.689. The fourth-order valence-electron chi connectivity index (χ4n) is 2.08. The maximum atomic E-state index is 3.53. The van der Waals surface area contributed by atoms with E-state index < -0.39 is 0 Å². The van der Waals surface area contributed by atoms with Gasteiger partial charge in [0.2, 0.25) is 0 Å². The van der Waals surface area contributed by atoms with Gasteiger partial charge in [0.1, 0.15) is 7.85 Å². The van der Waals surface area contributed by atoms with Crippen LogP contribution in [0.3, 0.4) is 0 Å². The van der Waals surface area contributed by atoms with Gasteiger partial charge < -0.3 is 4.90 Å². The second-order valence-electron chi connectivity index (χ2n) is 4.24. The highest BCUT2D eigenvalue weighted by Gasteiger charge is 2.20. The lowest BCUT2D eigenvalue weighted by Crippen LogP contribution is -2.16. The van der Waals surface area contributed by atoms with Crippen molar-refractivity contribution in [2.45, 2.75) is 9.79 Å². The standard InChI is InChI=1S/C13H11BBrNS/c1-16-10-4-2-8(14)6-12(10)17-13-7-9(15)3-5-11(13)16/h2-7H,14H2,1H3. The highest BCUT2D eigenvalue weighted by molar-refractivity contribution is 9.10. The smallest absolute Gasteiger partial charge is 0.139 e. The van der Waals surface area contributed by atoms with E-state index in [1.54, 1.807) is 0 Å². The summed E-state index contributed by atoms with van der Waals surface area (Å²) in [6.07, 6.45) is 0. The number of benzene rings is 2. The van der Waals surface area contributed by atoms with Gasteiger partial charge in [0.25, 0.3) is 0 Å². The van der Waals surface area contributed by atoms with Crippen LogP contribution in [0.5, 0.6) is 0 Å². The van der Waals surface area contributed by atoms with E-state index in [1.165, 1.54) is 26.6 Å². The number of fused-ring (bicyclic) bond motifs is 2. The molecule has 0 atom stereocenters. The second kappa shape index (κ2) is 4.11. The lowest BCUT2D eigenvalue weighted by molar-refractivity contribution is 1.11. The largest absolute Gasteiger partial charge is 0.343 e. The highest BCUT2D eigenvalue weighted by atomic mass is 79.9. The van der Waals surface area contributed by atoms with Crippen LogP contribution >= 0.6 is 27.7 Å². The Morgan fingerprint density at radius 3 is 2.47 bits per heavy atom. The van der Waals surface area contributed by atoms with E-state index in [2.05, 4.69) is 72.1 Å². The van der Waals surface area contributed by atoms with Crippen LogP contribution in [-0.2, 0) is 0 Å². The monoisotopic (exact) mass is 303 g/mol. The molecule has 2 aromatic rings. The zero-order valence-electron chi connectivity index (χ0n) is 9.70. The molecule has 3 rings (SSSR count). The van der Waals surface area contributed by atoms with Crippen LogP contribution in [-0.4, -0.2) is 14.9 Å². The third kappa shape index (κ3) is 1.89. The van der Waals surface area contributed by atoms with Gasteiger partial charge in [-0.15, -0.1) is 0 Å². The van der Waals surface area contributed by atoms with Crippen LogP contribution in [0.1, 0.15) is 0 Å². The Morgan fingerprint density at radius 2 is 1.71 bits per heavy atom. The summed E-state index contributed by atoms with van der Waals surface area (Å²) in [6, 6.07) is 13.1. The molecule has 0 saturated heterocycles. The van der Waals surface area contributed by atoms with Gasteiger partial charge in [-0.05, 0) is 24.3 Å². The van der Waals surface area contributed by atoms with Crippen molar-refractivity contribution in [1.29, 1.82) is 0 Å². The highest BCUT2D eigenvalue weighted by Crippen LogP contribution is 2.47. The SMILES string of the molecule is Bc1ccc2c(c1)Sc1cc(Br)ccc1N2C. The Morgan fingerprint density at radius 1 is 1.06 bits per heavy atom. The third-order valence-electron chi connectivity index (χ3n) is 2.98. The number of nitrogens with zero attached hydrogens (tertiary/aromatic N) is 1. The predicted octanol–water partition coefficient (Wildman–Crippen LogP) is 2.94. The van der Waals surface area contributed by atoms with Crippen molar-refractivity contribution >= 4 is 52.4 Å². The van der Waals surface area contributed by atoms with Crippen molar-refractivity contribution in [3.05, 3.63) is 40.9 Å². The average Bonchev–Trinajstić information content (AvgIpc) is 2.28. The van der Waals surface area contributed by atoms with Gasteiger partial charge in [0, 0.05) is 21.3 Å². The Labute approximate surface area is 115 Å². The maximum absolute atomic E-state index is 3.53. The molecule has 4 heteroatoms. The van der Waals surface area contributed by atoms with Crippen LogP contribution in [0.4, 0.5) is 11.4 Å². The van der Waals surface area contributed by atoms with Gasteiger partial charge in [-0.1, -0.05) is 45.3 Å². The molecule has 0 amide bonds. The van der Waals surface area contributed by atoms with Crippen molar-refractivity contribution in [2.24, 2.45) is 0 Å². The number of rotatable bonds is 0. The molecule has 2 aromatic carbocycles. The van der Waals surface area contributed by atoms with Gasteiger partial charge in [0.15, 0.2) is 0 Å². The molecule has 1 heterocycles. The van der Waals surface area contributed by atoms with Crippen LogP contribution < -0.4 is 10.4 Å². The van der Waals surface area contributed by atoms with E-state index in [9.17, 15) is 0 Å². The first-order chi connectivity index (χ1) is 8.15. The average molecular weight is 304 g/mol. The minimum atomic E-state index is 1.13. The molecular formula is C13H11BBrNS. The Kier molecular flexibility index (Phi) is 2.71. The lowest BCUT2D eigenvalue weighted by Gasteiger charge is -2.29. The molecule has 0 aromatic heterocycles. The fourth-order valence-corrected chi connectivity index (χ4v) is 3.87. The molecular weight excluding hydrogens is 293 g/mol. The summed E-state index contributed by atoms with van der Waals surface area (Å²) in [4.78, 5) is 4.89. The molecule has 0 radical (unpaired) electrons. The molecule has 0 saturated carbocycles. The molecule has 1 aliphatic heterocycles. The normalized spacial score (nSPS) is 13.2. The molecule has 1 aliphatic rings. The summed E-state index contributed by atoms with van der Waals surface area (Å²) in [7, 11) is 4.26. The van der Waals surface area contributed by atoms with Gasteiger partial charge in [-0.25, -0.2) is 0 Å². The number of anilines is 2. The third-order valence-corrected chi connectivity index (χ3v) is 4.57. The van der Waals surface area contributed by atoms with Crippen LogP contribution in [0.15, 0.2) is 50.7 Å².